The molecule has 1 aromatic rings. The number of hydrogen-bond acceptors (Lipinski definition) is 3. The molecule has 0 bridgehead atoms. The lowest BCUT2D eigenvalue weighted by atomic mass is 10.2. The van der Waals surface area contributed by atoms with E-state index in [1.807, 2.05) is 0 Å². The molecule has 0 spiro atoms. The summed E-state index contributed by atoms with van der Waals surface area (Å²) in [7, 11) is 0. The molecule has 1 rings (SSSR count). The number of primary amides is 2. The Hall–Kier alpha value is -1.33. The van der Waals surface area contributed by atoms with Gasteiger partial charge in [0, 0.05) is 6.20 Å². The van der Waals surface area contributed by atoms with Crippen LogP contribution in [0.3, 0.4) is 0 Å². The van der Waals surface area contributed by atoms with Gasteiger partial charge in [0.05, 0.1) is 15.6 Å². The smallest absolute Gasteiger partial charge is 0.268 e. The van der Waals surface area contributed by atoms with Gasteiger partial charge in [-0.3, -0.25) is 9.59 Å². The predicted octanol–water partition coefficient (Wildman–Crippen LogP) is 0.586. The molecule has 0 fully saturated rings. The number of amides is 2. The van der Waals surface area contributed by atoms with E-state index >= 15 is 0 Å². The van der Waals surface area contributed by atoms with E-state index in [0.717, 1.165) is 6.20 Å². The number of aromatic nitrogens is 1. The lowest BCUT2D eigenvalue weighted by Crippen LogP contribution is -2.22. The molecule has 7 heteroatoms. The summed E-state index contributed by atoms with van der Waals surface area (Å²) in [5, 5.41) is -0.0894. The molecule has 0 aliphatic rings. The SMILES string of the molecule is NC(=O)c1ncc(Cl)c(Cl)c1C(N)=O. The quantitative estimate of drug-likeness (QED) is 0.782. The van der Waals surface area contributed by atoms with Crippen molar-refractivity contribution < 1.29 is 9.59 Å². The van der Waals surface area contributed by atoms with Crippen molar-refractivity contribution in [2.45, 2.75) is 0 Å². The summed E-state index contributed by atoms with van der Waals surface area (Å²) in [4.78, 5) is 25.3. The summed E-state index contributed by atoms with van der Waals surface area (Å²) in [5.74, 6) is -1.80. The maximum absolute atomic E-state index is 10.9. The van der Waals surface area contributed by atoms with Crippen LogP contribution in [0.2, 0.25) is 10.0 Å². The van der Waals surface area contributed by atoms with Crippen LogP contribution in [-0.4, -0.2) is 16.8 Å². The molecule has 0 aromatic carbocycles. The number of rotatable bonds is 2. The van der Waals surface area contributed by atoms with Gasteiger partial charge in [0.25, 0.3) is 11.8 Å². The molecule has 0 saturated heterocycles. The summed E-state index contributed by atoms with van der Waals surface area (Å²) in [6.45, 7) is 0. The third-order valence-corrected chi connectivity index (χ3v) is 2.23. The van der Waals surface area contributed by atoms with Crippen molar-refractivity contribution in [3.63, 3.8) is 0 Å². The Balaban J connectivity index is 3.53. The molecule has 0 radical (unpaired) electrons. The van der Waals surface area contributed by atoms with E-state index in [9.17, 15) is 9.59 Å². The second kappa shape index (κ2) is 3.81. The predicted molar refractivity (Wildman–Crippen MR) is 51.3 cm³/mol. The third-order valence-electron chi connectivity index (χ3n) is 1.45. The van der Waals surface area contributed by atoms with E-state index in [0.29, 0.717) is 0 Å². The molecule has 14 heavy (non-hydrogen) atoms. The first-order valence-electron chi connectivity index (χ1n) is 3.38. The Kier molecular flexibility index (Phi) is 2.93. The lowest BCUT2D eigenvalue weighted by molar-refractivity contribution is 0.0963. The minimum atomic E-state index is -0.904. The van der Waals surface area contributed by atoms with Gasteiger partial charge in [0.2, 0.25) is 0 Å². The highest BCUT2D eigenvalue weighted by Gasteiger charge is 2.20. The van der Waals surface area contributed by atoms with E-state index < -0.39 is 11.8 Å². The van der Waals surface area contributed by atoms with Crippen molar-refractivity contribution in [2.75, 3.05) is 0 Å². The molecular formula is C7H5Cl2N3O2. The fourth-order valence-electron chi connectivity index (χ4n) is 0.877. The average molecular weight is 234 g/mol. The molecular weight excluding hydrogens is 229 g/mol. The van der Waals surface area contributed by atoms with Crippen LogP contribution in [0.4, 0.5) is 0 Å². The molecule has 0 atom stereocenters. The molecule has 1 heterocycles. The highest BCUT2D eigenvalue weighted by atomic mass is 35.5. The number of pyridine rings is 1. The van der Waals surface area contributed by atoms with E-state index in [-0.39, 0.29) is 21.3 Å². The summed E-state index contributed by atoms with van der Waals surface area (Å²) >= 11 is 11.2. The Morgan fingerprint density at radius 1 is 1.21 bits per heavy atom. The molecule has 0 aliphatic heterocycles. The normalized spacial score (nSPS) is 9.86. The fraction of sp³-hybridized carbons (Fsp3) is 0. The second-order valence-electron chi connectivity index (χ2n) is 2.37. The summed E-state index contributed by atoms with van der Waals surface area (Å²) in [6, 6.07) is 0. The number of carbonyl (C=O) groups is 2. The Bertz CT molecular complexity index is 420. The Morgan fingerprint density at radius 2 is 1.79 bits per heavy atom. The zero-order valence-corrected chi connectivity index (χ0v) is 8.26. The molecule has 1 aromatic heterocycles. The maximum Gasteiger partial charge on any atom is 0.268 e. The molecule has 0 saturated carbocycles. The van der Waals surface area contributed by atoms with E-state index in [2.05, 4.69) is 4.98 Å². The van der Waals surface area contributed by atoms with Gasteiger partial charge in [-0.05, 0) is 0 Å². The molecule has 0 unspecified atom stereocenters. The fourth-order valence-corrected chi connectivity index (χ4v) is 1.25. The van der Waals surface area contributed by atoms with Crippen molar-refractivity contribution in [3.8, 4) is 0 Å². The van der Waals surface area contributed by atoms with Crippen LogP contribution in [0, 0.1) is 0 Å². The number of hydrogen-bond donors (Lipinski definition) is 2. The van der Waals surface area contributed by atoms with E-state index in [4.69, 9.17) is 34.7 Å². The van der Waals surface area contributed by atoms with Gasteiger partial charge in [0.15, 0.2) is 0 Å². The van der Waals surface area contributed by atoms with Crippen molar-refractivity contribution in [1.29, 1.82) is 0 Å². The standard InChI is InChI=1S/C7H5Cl2N3O2/c8-2-1-12-5(7(11)14)3(4(2)9)6(10)13/h1H,(H2,10,13)(H2,11,14). The van der Waals surface area contributed by atoms with Crippen LogP contribution >= 0.6 is 23.2 Å². The molecule has 2 amide bonds. The minimum absolute atomic E-state index is 0.0328. The lowest BCUT2D eigenvalue weighted by Gasteiger charge is -2.05. The van der Waals surface area contributed by atoms with Gasteiger partial charge in [-0.1, -0.05) is 23.2 Å². The van der Waals surface area contributed by atoms with Crippen LogP contribution in [0.1, 0.15) is 20.8 Å². The number of carbonyl (C=O) groups excluding carboxylic acids is 2. The topological polar surface area (TPSA) is 99.1 Å². The van der Waals surface area contributed by atoms with Gasteiger partial charge in [0.1, 0.15) is 5.69 Å². The van der Waals surface area contributed by atoms with Crippen LogP contribution < -0.4 is 11.5 Å². The summed E-state index contributed by atoms with van der Waals surface area (Å²) in [6.07, 6.45) is 1.12. The van der Waals surface area contributed by atoms with Gasteiger partial charge in [-0.15, -0.1) is 0 Å². The van der Waals surface area contributed by atoms with Crippen molar-refractivity contribution in [1.82, 2.24) is 4.98 Å². The highest BCUT2D eigenvalue weighted by molar-refractivity contribution is 6.44. The summed E-state index contributed by atoms with van der Waals surface area (Å²) < 4.78 is 0. The zero-order chi connectivity index (χ0) is 10.9. The maximum atomic E-state index is 10.9. The summed E-state index contributed by atoms with van der Waals surface area (Å²) in [5.41, 5.74) is 9.41. The van der Waals surface area contributed by atoms with Crippen LogP contribution in [-0.2, 0) is 0 Å². The molecule has 5 nitrogen and oxygen atoms in total. The van der Waals surface area contributed by atoms with E-state index in [1.165, 1.54) is 0 Å². The van der Waals surface area contributed by atoms with Gasteiger partial charge >= 0.3 is 0 Å². The van der Waals surface area contributed by atoms with Crippen LogP contribution in [0.5, 0.6) is 0 Å². The zero-order valence-electron chi connectivity index (χ0n) is 6.75. The second-order valence-corrected chi connectivity index (χ2v) is 3.16. The van der Waals surface area contributed by atoms with Crippen molar-refractivity contribution in [3.05, 3.63) is 27.5 Å². The highest BCUT2D eigenvalue weighted by Crippen LogP contribution is 2.26. The third kappa shape index (κ3) is 1.78. The van der Waals surface area contributed by atoms with Gasteiger partial charge in [-0.25, -0.2) is 4.98 Å². The van der Waals surface area contributed by atoms with Gasteiger partial charge in [-0.2, -0.15) is 0 Å². The van der Waals surface area contributed by atoms with Crippen LogP contribution in [0.15, 0.2) is 6.20 Å². The van der Waals surface area contributed by atoms with E-state index in [1.54, 1.807) is 0 Å². The first kappa shape index (κ1) is 10.7. The Labute approximate surface area is 89.0 Å². The first-order valence-corrected chi connectivity index (χ1v) is 4.14. The average Bonchev–Trinajstić information content (AvgIpc) is 2.08. The molecule has 0 aliphatic carbocycles. The largest absolute Gasteiger partial charge is 0.365 e. The molecule has 74 valence electrons. The monoisotopic (exact) mass is 233 g/mol. The van der Waals surface area contributed by atoms with Crippen LogP contribution in [0.25, 0.3) is 0 Å². The van der Waals surface area contributed by atoms with Gasteiger partial charge < -0.3 is 11.5 Å². The first-order chi connectivity index (χ1) is 6.45. The Morgan fingerprint density at radius 3 is 2.21 bits per heavy atom. The van der Waals surface area contributed by atoms with Crippen molar-refractivity contribution >= 4 is 35.0 Å². The number of nitrogens with two attached hydrogens (primary N) is 2. The minimum Gasteiger partial charge on any atom is -0.365 e. The number of halogens is 2. The van der Waals surface area contributed by atoms with Crippen molar-refractivity contribution in [2.24, 2.45) is 11.5 Å². The number of nitrogens with zero attached hydrogens (tertiary/aromatic N) is 1. The molecule has 4 N–H and O–H groups in total.